The quantitative estimate of drug-likeness (QED) is 0.708. The van der Waals surface area contributed by atoms with Crippen LogP contribution in [0.25, 0.3) is 10.1 Å². The molecule has 1 amide bonds. The predicted octanol–water partition coefficient (Wildman–Crippen LogP) is 5.13. The topological polar surface area (TPSA) is 42.0 Å². The van der Waals surface area contributed by atoms with Crippen molar-refractivity contribution in [3.63, 3.8) is 0 Å². The molecule has 0 fully saturated rings. The first-order valence-corrected chi connectivity index (χ1v) is 8.09. The van der Waals surface area contributed by atoms with Gasteiger partial charge in [0.05, 0.1) is 5.02 Å². The number of hydrogen-bond acceptors (Lipinski definition) is 3. The zero-order valence-corrected chi connectivity index (χ0v) is 14.1. The average Bonchev–Trinajstić information content (AvgIpc) is 2.74. The van der Waals surface area contributed by atoms with Crippen molar-refractivity contribution in [3.05, 3.63) is 57.1 Å². The molecular weight excluding hydrogens is 316 g/mol. The fraction of sp³-hybridized carbons (Fsp3) is 0.176. The van der Waals surface area contributed by atoms with Crippen molar-refractivity contribution in [2.45, 2.75) is 20.8 Å². The van der Waals surface area contributed by atoms with Crippen LogP contribution in [0.15, 0.2) is 30.3 Å². The first kappa shape index (κ1) is 15.0. The molecule has 3 aromatic rings. The van der Waals surface area contributed by atoms with Gasteiger partial charge in [-0.3, -0.25) is 4.79 Å². The highest BCUT2D eigenvalue weighted by atomic mass is 35.5. The van der Waals surface area contributed by atoms with E-state index in [0.29, 0.717) is 15.7 Å². The molecular formula is C17H15ClN2OS. The maximum Gasteiger partial charge on any atom is 0.268 e. The zero-order valence-electron chi connectivity index (χ0n) is 12.5. The fourth-order valence-electron chi connectivity index (χ4n) is 2.40. The summed E-state index contributed by atoms with van der Waals surface area (Å²) in [7, 11) is 0. The van der Waals surface area contributed by atoms with Crippen LogP contribution >= 0.6 is 22.9 Å². The van der Waals surface area contributed by atoms with E-state index < -0.39 is 0 Å². The second kappa shape index (κ2) is 5.71. The summed E-state index contributed by atoms with van der Waals surface area (Å²) in [4.78, 5) is 17.3. The van der Waals surface area contributed by atoms with Gasteiger partial charge in [-0.25, -0.2) is 4.98 Å². The molecule has 0 saturated carbocycles. The number of thiophene rings is 1. The maximum atomic E-state index is 12.5. The number of nitrogens with zero attached hydrogens (tertiary/aromatic N) is 1. The lowest BCUT2D eigenvalue weighted by atomic mass is 10.2. The summed E-state index contributed by atoms with van der Waals surface area (Å²) in [6, 6.07) is 9.79. The van der Waals surface area contributed by atoms with Gasteiger partial charge in [0, 0.05) is 15.8 Å². The summed E-state index contributed by atoms with van der Waals surface area (Å²) in [6.07, 6.45) is 0. The van der Waals surface area contributed by atoms with Crippen LogP contribution < -0.4 is 5.32 Å². The van der Waals surface area contributed by atoms with Crippen LogP contribution in [0.4, 0.5) is 5.82 Å². The van der Waals surface area contributed by atoms with Crippen molar-refractivity contribution in [1.29, 1.82) is 0 Å². The smallest absolute Gasteiger partial charge is 0.268 e. The lowest BCUT2D eigenvalue weighted by Gasteiger charge is -2.05. The van der Waals surface area contributed by atoms with Gasteiger partial charge in [-0.15, -0.1) is 11.3 Å². The van der Waals surface area contributed by atoms with Crippen LogP contribution in [0, 0.1) is 20.8 Å². The van der Waals surface area contributed by atoms with Crippen molar-refractivity contribution in [3.8, 4) is 0 Å². The molecule has 112 valence electrons. The molecule has 0 atom stereocenters. The summed E-state index contributed by atoms with van der Waals surface area (Å²) in [5.41, 5.74) is 3.07. The average molecular weight is 331 g/mol. The Morgan fingerprint density at radius 2 is 1.91 bits per heavy atom. The number of hydrogen-bond donors (Lipinski definition) is 1. The molecule has 0 bridgehead atoms. The summed E-state index contributed by atoms with van der Waals surface area (Å²) < 4.78 is 1.02. The fourth-order valence-corrected chi connectivity index (χ4v) is 3.91. The van der Waals surface area contributed by atoms with E-state index in [1.165, 1.54) is 11.3 Å². The standard InChI is InChI=1S/C17H15ClN2OS/c1-9-4-5-12-13(7-9)22-16(15(12)18)17(21)20-14-8-10(2)6-11(3)19-14/h4-8H,1-3H3,(H,19,20,21). The molecule has 0 radical (unpaired) electrons. The van der Waals surface area contributed by atoms with Crippen LogP contribution in [0.1, 0.15) is 26.5 Å². The number of aromatic nitrogens is 1. The first-order valence-electron chi connectivity index (χ1n) is 6.89. The monoisotopic (exact) mass is 330 g/mol. The van der Waals surface area contributed by atoms with Crippen LogP contribution in [-0.2, 0) is 0 Å². The highest BCUT2D eigenvalue weighted by Gasteiger charge is 2.17. The first-order chi connectivity index (χ1) is 10.4. The van der Waals surface area contributed by atoms with Crippen LogP contribution in [0.5, 0.6) is 0 Å². The van der Waals surface area contributed by atoms with Crippen molar-refractivity contribution < 1.29 is 4.79 Å². The number of carbonyl (C=O) groups is 1. The van der Waals surface area contributed by atoms with Gasteiger partial charge in [0.15, 0.2) is 0 Å². The molecule has 0 spiro atoms. The second-order valence-corrected chi connectivity index (χ2v) is 6.80. The van der Waals surface area contributed by atoms with E-state index in [9.17, 15) is 4.79 Å². The summed E-state index contributed by atoms with van der Waals surface area (Å²) in [5.74, 6) is 0.327. The molecule has 0 unspecified atom stereocenters. The van der Waals surface area contributed by atoms with Crippen LogP contribution in [0.2, 0.25) is 5.02 Å². The Kier molecular flexibility index (Phi) is 3.89. The van der Waals surface area contributed by atoms with Gasteiger partial charge < -0.3 is 5.32 Å². The Morgan fingerprint density at radius 1 is 1.14 bits per heavy atom. The van der Waals surface area contributed by atoms with E-state index in [-0.39, 0.29) is 5.91 Å². The summed E-state index contributed by atoms with van der Waals surface area (Å²) in [6.45, 7) is 5.89. The Morgan fingerprint density at radius 3 is 2.64 bits per heavy atom. The molecule has 0 aliphatic rings. The number of rotatable bonds is 2. The van der Waals surface area contributed by atoms with Crippen molar-refractivity contribution in [2.24, 2.45) is 0 Å². The Balaban J connectivity index is 1.96. The van der Waals surface area contributed by atoms with Gasteiger partial charge in [-0.2, -0.15) is 0 Å². The minimum absolute atomic E-state index is 0.221. The molecule has 1 N–H and O–H groups in total. The van der Waals surface area contributed by atoms with Gasteiger partial charge in [0.25, 0.3) is 5.91 Å². The molecule has 2 aromatic heterocycles. The molecule has 0 aliphatic carbocycles. The van der Waals surface area contributed by atoms with Crippen LogP contribution in [-0.4, -0.2) is 10.9 Å². The van der Waals surface area contributed by atoms with Gasteiger partial charge in [-0.05, 0) is 50.1 Å². The molecule has 5 heteroatoms. The van der Waals surface area contributed by atoms with E-state index in [0.717, 1.165) is 26.9 Å². The van der Waals surface area contributed by atoms with Gasteiger partial charge in [0.2, 0.25) is 0 Å². The molecule has 3 rings (SSSR count). The number of benzene rings is 1. The van der Waals surface area contributed by atoms with E-state index in [1.54, 1.807) is 0 Å². The van der Waals surface area contributed by atoms with E-state index in [2.05, 4.69) is 10.3 Å². The third-order valence-electron chi connectivity index (χ3n) is 3.33. The Bertz CT molecular complexity index is 865. The summed E-state index contributed by atoms with van der Waals surface area (Å²) in [5, 5.41) is 4.25. The Hall–Kier alpha value is -1.91. The number of fused-ring (bicyclic) bond motifs is 1. The molecule has 2 heterocycles. The number of halogens is 1. The van der Waals surface area contributed by atoms with Gasteiger partial charge in [-0.1, -0.05) is 23.7 Å². The van der Waals surface area contributed by atoms with E-state index in [4.69, 9.17) is 11.6 Å². The summed E-state index contributed by atoms with van der Waals surface area (Å²) >= 11 is 7.76. The van der Waals surface area contributed by atoms with Crippen molar-refractivity contribution in [1.82, 2.24) is 4.98 Å². The normalized spacial score (nSPS) is 10.9. The number of pyridine rings is 1. The van der Waals surface area contributed by atoms with Gasteiger partial charge in [0.1, 0.15) is 10.7 Å². The number of aryl methyl sites for hydroxylation is 3. The van der Waals surface area contributed by atoms with Crippen LogP contribution in [0.3, 0.4) is 0 Å². The maximum absolute atomic E-state index is 12.5. The minimum atomic E-state index is -0.221. The molecule has 0 aliphatic heterocycles. The number of carbonyl (C=O) groups excluding carboxylic acids is 1. The lowest BCUT2D eigenvalue weighted by Crippen LogP contribution is -2.12. The van der Waals surface area contributed by atoms with Crippen molar-refractivity contribution >= 4 is 44.7 Å². The minimum Gasteiger partial charge on any atom is -0.306 e. The zero-order chi connectivity index (χ0) is 15.9. The number of amides is 1. The second-order valence-electron chi connectivity index (χ2n) is 5.37. The van der Waals surface area contributed by atoms with Crippen molar-refractivity contribution in [2.75, 3.05) is 5.32 Å². The van der Waals surface area contributed by atoms with E-state index in [1.807, 2.05) is 51.1 Å². The predicted molar refractivity (Wildman–Crippen MR) is 93.2 cm³/mol. The lowest BCUT2D eigenvalue weighted by molar-refractivity contribution is 0.103. The van der Waals surface area contributed by atoms with Gasteiger partial charge >= 0.3 is 0 Å². The number of anilines is 1. The third kappa shape index (κ3) is 2.85. The molecule has 0 saturated heterocycles. The Labute approximate surface area is 138 Å². The highest BCUT2D eigenvalue weighted by Crippen LogP contribution is 2.36. The molecule has 1 aromatic carbocycles. The molecule has 22 heavy (non-hydrogen) atoms. The SMILES string of the molecule is Cc1cc(C)nc(NC(=O)c2sc3cc(C)ccc3c2Cl)c1. The highest BCUT2D eigenvalue weighted by molar-refractivity contribution is 7.21. The third-order valence-corrected chi connectivity index (χ3v) is 4.99. The number of nitrogens with one attached hydrogen (secondary N) is 1. The van der Waals surface area contributed by atoms with E-state index >= 15 is 0 Å². The molecule has 3 nitrogen and oxygen atoms in total. The largest absolute Gasteiger partial charge is 0.306 e.